The van der Waals surface area contributed by atoms with Gasteiger partial charge >= 0.3 is 11.6 Å². The van der Waals surface area contributed by atoms with Gasteiger partial charge in [-0.05, 0) is 44.7 Å². The number of carboxylic acid groups (broad SMARTS) is 1. The molecule has 0 bridgehead atoms. The molecule has 0 unspecified atom stereocenters. The summed E-state index contributed by atoms with van der Waals surface area (Å²) in [6.07, 6.45) is 3.82. The van der Waals surface area contributed by atoms with Crippen molar-refractivity contribution in [3.63, 3.8) is 0 Å². The summed E-state index contributed by atoms with van der Waals surface area (Å²) >= 11 is 0. The standard InChI is InChI=1S/C22H23NO6/c1-11-14-9-16-13-5-3-4-6-17(13)28-21(16)12(2)20(14)29-22(27)15(11)10-18(24)23-8-7-19(25)26/h9H,3-8,10H2,1-2H3,(H,23,24)(H,25,26). The van der Waals surface area contributed by atoms with Crippen LogP contribution in [0.5, 0.6) is 0 Å². The van der Waals surface area contributed by atoms with E-state index >= 15 is 0 Å². The molecule has 0 fully saturated rings. The molecule has 0 aliphatic heterocycles. The van der Waals surface area contributed by atoms with E-state index in [-0.39, 0.29) is 19.4 Å². The van der Waals surface area contributed by atoms with E-state index in [4.69, 9.17) is 13.9 Å². The third-order valence-corrected chi connectivity index (χ3v) is 5.72. The fraction of sp³-hybridized carbons (Fsp3) is 0.409. The molecule has 152 valence electrons. The Morgan fingerprint density at radius 2 is 1.79 bits per heavy atom. The fourth-order valence-electron chi connectivity index (χ4n) is 4.15. The highest BCUT2D eigenvalue weighted by molar-refractivity contribution is 6.00. The zero-order chi connectivity index (χ0) is 20.7. The van der Waals surface area contributed by atoms with E-state index in [9.17, 15) is 14.4 Å². The Labute approximate surface area is 166 Å². The minimum atomic E-state index is -0.991. The Hall–Kier alpha value is -3.09. The third kappa shape index (κ3) is 3.41. The number of rotatable bonds is 5. The predicted molar refractivity (Wildman–Crippen MR) is 107 cm³/mol. The number of carbonyl (C=O) groups excluding carboxylic acids is 1. The van der Waals surface area contributed by atoms with Gasteiger partial charge < -0.3 is 19.3 Å². The van der Waals surface area contributed by atoms with Crippen molar-refractivity contribution >= 4 is 33.8 Å². The lowest BCUT2D eigenvalue weighted by molar-refractivity contribution is -0.136. The van der Waals surface area contributed by atoms with Gasteiger partial charge in [-0.15, -0.1) is 0 Å². The second kappa shape index (κ2) is 7.39. The molecule has 1 amide bonds. The van der Waals surface area contributed by atoms with E-state index < -0.39 is 17.5 Å². The van der Waals surface area contributed by atoms with Gasteiger partial charge in [-0.3, -0.25) is 9.59 Å². The Balaban J connectivity index is 1.77. The molecular weight excluding hydrogens is 374 g/mol. The summed E-state index contributed by atoms with van der Waals surface area (Å²) in [7, 11) is 0. The number of aliphatic carboxylic acids is 1. The monoisotopic (exact) mass is 397 g/mol. The average molecular weight is 397 g/mol. The van der Waals surface area contributed by atoms with Crippen LogP contribution in [-0.2, 0) is 28.9 Å². The summed E-state index contributed by atoms with van der Waals surface area (Å²) in [6, 6.07) is 2.01. The molecule has 0 atom stereocenters. The highest BCUT2D eigenvalue weighted by Gasteiger charge is 2.23. The number of fused-ring (bicyclic) bond motifs is 4. The van der Waals surface area contributed by atoms with Crippen LogP contribution in [0, 0.1) is 13.8 Å². The number of carboxylic acids is 1. The molecule has 2 heterocycles. The number of benzene rings is 1. The van der Waals surface area contributed by atoms with Crippen molar-refractivity contribution in [2.75, 3.05) is 6.54 Å². The zero-order valence-corrected chi connectivity index (χ0v) is 16.5. The van der Waals surface area contributed by atoms with Crippen molar-refractivity contribution in [1.29, 1.82) is 0 Å². The summed E-state index contributed by atoms with van der Waals surface area (Å²) in [4.78, 5) is 35.3. The molecule has 3 aromatic rings. The van der Waals surface area contributed by atoms with Crippen LogP contribution in [0.25, 0.3) is 21.9 Å². The van der Waals surface area contributed by atoms with Gasteiger partial charge in [0.2, 0.25) is 5.91 Å². The third-order valence-electron chi connectivity index (χ3n) is 5.72. The minimum Gasteiger partial charge on any atom is -0.481 e. The van der Waals surface area contributed by atoms with Crippen LogP contribution in [0.4, 0.5) is 0 Å². The minimum absolute atomic E-state index is 0.0208. The fourth-order valence-corrected chi connectivity index (χ4v) is 4.15. The molecule has 29 heavy (non-hydrogen) atoms. The Bertz CT molecular complexity index is 1200. The lowest BCUT2D eigenvalue weighted by Gasteiger charge is -2.11. The molecule has 0 spiro atoms. The molecule has 1 aliphatic carbocycles. The largest absolute Gasteiger partial charge is 0.481 e. The van der Waals surface area contributed by atoms with Gasteiger partial charge in [0.1, 0.15) is 16.9 Å². The zero-order valence-electron chi connectivity index (χ0n) is 16.5. The molecule has 0 radical (unpaired) electrons. The Morgan fingerprint density at radius 3 is 2.55 bits per heavy atom. The smallest absolute Gasteiger partial charge is 0.340 e. The normalized spacial score (nSPS) is 13.6. The Kier molecular flexibility index (Phi) is 4.90. The van der Waals surface area contributed by atoms with Crippen LogP contribution in [0.15, 0.2) is 19.7 Å². The van der Waals surface area contributed by atoms with Gasteiger partial charge in [0.05, 0.1) is 18.4 Å². The van der Waals surface area contributed by atoms with Crippen molar-refractivity contribution in [2.24, 2.45) is 0 Å². The van der Waals surface area contributed by atoms with Crippen LogP contribution >= 0.6 is 0 Å². The molecule has 0 saturated carbocycles. The predicted octanol–water partition coefficient (Wildman–Crippen LogP) is 3.17. The van der Waals surface area contributed by atoms with Crippen LogP contribution in [0.2, 0.25) is 0 Å². The average Bonchev–Trinajstić information content (AvgIpc) is 3.05. The summed E-state index contributed by atoms with van der Waals surface area (Å²) in [5.41, 5.74) is 3.73. The quantitative estimate of drug-likeness (QED) is 0.640. The van der Waals surface area contributed by atoms with Gasteiger partial charge in [-0.25, -0.2) is 4.79 Å². The molecule has 2 aromatic heterocycles. The van der Waals surface area contributed by atoms with Crippen molar-refractivity contribution in [3.05, 3.63) is 44.5 Å². The van der Waals surface area contributed by atoms with Crippen LogP contribution in [-0.4, -0.2) is 23.5 Å². The van der Waals surface area contributed by atoms with Crippen molar-refractivity contribution < 1.29 is 23.5 Å². The molecule has 1 aliphatic rings. The molecule has 0 saturated heterocycles. The molecule has 7 nitrogen and oxygen atoms in total. The summed E-state index contributed by atoms with van der Waals surface area (Å²) in [5, 5.41) is 13.1. The number of hydrogen-bond donors (Lipinski definition) is 2. The van der Waals surface area contributed by atoms with Crippen molar-refractivity contribution in [2.45, 2.75) is 52.4 Å². The molecule has 4 rings (SSSR count). The van der Waals surface area contributed by atoms with E-state index in [0.717, 1.165) is 53.4 Å². The number of amides is 1. The highest BCUT2D eigenvalue weighted by atomic mass is 16.4. The Morgan fingerprint density at radius 1 is 1.07 bits per heavy atom. The van der Waals surface area contributed by atoms with E-state index in [0.29, 0.717) is 16.7 Å². The van der Waals surface area contributed by atoms with Gasteiger partial charge in [-0.2, -0.15) is 0 Å². The molecule has 7 heteroatoms. The van der Waals surface area contributed by atoms with Gasteiger partial charge in [0, 0.05) is 34.9 Å². The lowest BCUT2D eigenvalue weighted by Crippen LogP contribution is -2.29. The highest BCUT2D eigenvalue weighted by Crippen LogP contribution is 2.37. The van der Waals surface area contributed by atoms with Crippen LogP contribution in [0.1, 0.15) is 47.3 Å². The number of nitrogens with one attached hydrogen (secondary N) is 1. The van der Waals surface area contributed by atoms with Crippen LogP contribution < -0.4 is 10.9 Å². The second-order valence-electron chi connectivity index (χ2n) is 7.63. The van der Waals surface area contributed by atoms with Crippen molar-refractivity contribution in [1.82, 2.24) is 5.32 Å². The van der Waals surface area contributed by atoms with Gasteiger partial charge in [0.15, 0.2) is 0 Å². The van der Waals surface area contributed by atoms with Gasteiger partial charge in [-0.1, -0.05) is 0 Å². The molecular formula is C22H23NO6. The van der Waals surface area contributed by atoms with E-state index in [1.807, 2.05) is 19.9 Å². The summed E-state index contributed by atoms with van der Waals surface area (Å²) in [5.74, 6) is -0.378. The number of aryl methyl sites for hydroxylation is 4. The molecule has 2 N–H and O–H groups in total. The maximum atomic E-state index is 12.6. The first-order valence-corrected chi connectivity index (χ1v) is 9.85. The number of hydrogen-bond acceptors (Lipinski definition) is 5. The second-order valence-corrected chi connectivity index (χ2v) is 7.63. The first-order chi connectivity index (χ1) is 13.9. The van der Waals surface area contributed by atoms with Gasteiger partial charge in [0.25, 0.3) is 0 Å². The maximum absolute atomic E-state index is 12.6. The van der Waals surface area contributed by atoms with E-state index in [2.05, 4.69) is 5.32 Å². The van der Waals surface area contributed by atoms with Crippen molar-refractivity contribution in [3.8, 4) is 0 Å². The first-order valence-electron chi connectivity index (χ1n) is 9.85. The number of furan rings is 1. The number of carbonyl (C=O) groups is 2. The lowest BCUT2D eigenvalue weighted by atomic mass is 9.93. The summed E-state index contributed by atoms with van der Waals surface area (Å²) < 4.78 is 11.7. The van der Waals surface area contributed by atoms with Crippen LogP contribution in [0.3, 0.4) is 0 Å². The first kappa shape index (κ1) is 19.2. The SMILES string of the molecule is Cc1c(CC(=O)NCCC(=O)O)c(=O)oc2c(C)c3oc4c(c3cc12)CCCC4. The molecule has 1 aromatic carbocycles. The maximum Gasteiger partial charge on any atom is 0.340 e. The van der Waals surface area contributed by atoms with E-state index in [1.165, 1.54) is 5.56 Å². The summed E-state index contributed by atoms with van der Waals surface area (Å²) in [6.45, 7) is 3.73. The van der Waals surface area contributed by atoms with E-state index in [1.54, 1.807) is 0 Å². The topological polar surface area (TPSA) is 110 Å².